The molecular weight excluding hydrogens is 338 g/mol. The molecule has 2 aliphatic rings. The fourth-order valence-electron chi connectivity index (χ4n) is 2.65. The van der Waals surface area contributed by atoms with Gasteiger partial charge in [-0.3, -0.25) is 9.69 Å². The smallest absolute Gasteiger partial charge is 0.335 e. The van der Waals surface area contributed by atoms with Crippen molar-refractivity contribution in [3.05, 3.63) is 29.8 Å². The maximum atomic E-state index is 11.9. The first kappa shape index (κ1) is 18.2. The Hall–Kier alpha value is -2.65. The summed E-state index contributed by atoms with van der Waals surface area (Å²) in [6.45, 7) is 5.07. The lowest BCUT2D eigenvalue weighted by Crippen LogP contribution is -2.42. The number of hydrazone groups is 1. The molecule has 0 saturated carbocycles. The molecule has 0 spiro atoms. The maximum Gasteiger partial charge on any atom is 0.335 e. The minimum absolute atomic E-state index is 0.0268. The molecule has 3 N–H and O–H groups in total. The molecule has 140 valence electrons. The Morgan fingerprint density at radius 3 is 2.73 bits per heavy atom. The van der Waals surface area contributed by atoms with Crippen molar-refractivity contribution in [2.75, 3.05) is 52.5 Å². The van der Waals surface area contributed by atoms with Crippen molar-refractivity contribution in [3.63, 3.8) is 0 Å². The number of carbonyl (C=O) groups excluding carboxylic acids is 2. The molecular formula is C17H23N5O4. The predicted molar refractivity (Wildman–Crippen MR) is 95.3 cm³/mol. The topological polar surface area (TPSA) is 104 Å². The average molecular weight is 361 g/mol. The van der Waals surface area contributed by atoms with Gasteiger partial charge in [-0.05, 0) is 29.8 Å². The van der Waals surface area contributed by atoms with E-state index in [-0.39, 0.29) is 18.5 Å². The van der Waals surface area contributed by atoms with Crippen LogP contribution in [0.4, 0.5) is 4.79 Å². The van der Waals surface area contributed by atoms with Crippen molar-refractivity contribution < 1.29 is 19.1 Å². The van der Waals surface area contributed by atoms with E-state index in [2.05, 4.69) is 26.1 Å². The van der Waals surface area contributed by atoms with Gasteiger partial charge in [0.2, 0.25) is 0 Å². The molecule has 3 amide bonds. The van der Waals surface area contributed by atoms with Crippen LogP contribution in [0.2, 0.25) is 0 Å². The van der Waals surface area contributed by atoms with E-state index in [4.69, 9.17) is 9.47 Å². The van der Waals surface area contributed by atoms with Crippen LogP contribution < -0.4 is 20.8 Å². The number of hydrogen-bond donors (Lipinski definition) is 3. The van der Waals surface area contributed by atoms with Crippen LogP contribution in [-0.4, -0.2) is 75.1 Å². The third-order valence-corrected chi connectivity index (χ3v) is 4.12. The van der Waals surface area contributed by atoms with E-state index < -0.39 is 0 Å². The fourth-order valence-corrected chi connectivity index (χ4v) is 2.65. The van der Waals surface area contributed by atoms with Crippen LogP contribution in [0.25, 0.3) is 0 Å². The van der Waals surface area contributed by atoms with E-state index in [1.807, 2.05) is 12.1 Å². The van der Waals surface area contributed by atoms with Crippen molar-refractivity contribution in [1.82, 2.24) is 21.0 Å². The van der Waals surface area contributed by atoms with Gasteiger partial charge < -0.3 is 20.1 Å². The monoisotopic (exact) mass is 361 g/mol. The van der Waals surface area contributed by atoms with Gasteiger partial charge in [0.25, 0.3) is 5.91 Å². The number of morpholine rings is 1. The van der Waals surface area contributed by atoms with Gasteiger partial charge in [0.15, 0.2) is 6.61 Å². The first-order chi connectivity index (χ1) is 12.7. The first-order valence-corrected chi connectivity index (χ1v) is 8.61. The Kier molecular flexibility index (Phi) is 6.39. The van der Waals surface area contributed by atoms with Crippen molar-refractivity contribution in [1.29, 1.82) is 0 Å². The van der Waals surface area contributed by atoms with Crippen LogP contribution in [0.15, 0.2) is 29.4 Å². The van der Waals surface area contributed by atoms with E-state index >= 15 is 0 Å². The summed E-state index contributed by atoms with van der Waals surface area (Å²) in [5.41, 5.74) is 3.98. The van der Waals surface area contributed by atoms with Gasteiger partial charge in [-0.1, -0.05) is 0 Å². The Morgan fingerprint density at radius 1 is 1.27 bits per heavy atom. The lowest BCUT2D eigenvalue weighted by molar-refractivity contribution is -0.123. The molecule has 26 heavy (non-hydrogen) atoms. The van der Waals surface area contributed by atoms with Crippen LogP contribution >= 0.6 is 0 Å². The minimum atomic E-state index is -0.312. The molecule has 0 aliphatic carbocycles. The summed E-state index contributed by atoms with van der Waals surface area (Å²) in [5.74, 6) is 0.455. The second-order valence-corrected chi connectivity index (χ2v) is 5.97. The van der Waals surface area contributed by atoms with Gasteiger partial charge in [0.05, 0.1) is 25.5 Å². The van der Waals surface area contributed by atoms with Gasteiger partial charge in [0.1, 0.15) is 5.75 Å². The van der Waals surface area contributed by atoms with E-state index in [1.165, 1.54) is 0 Å². The number of hydrogen-bond acceptors (Lipinski definition) is 6. The van der Waals surface area contributed by atoms with Gasteiger partial charge in [-0.2, -0.15) is 5.10 Å². The van der Waals surface area contributed by atoms with Crippen LogP contribution in [-0.2, 0) is 9.53 Å². The normalized spacial score (nSPS) is 17.7. The average Bonchev–Trinajstić information content (AvgIpc) is 2.68. The second kappa shape index (κ2) is 9.16. The van der Waals surface area contributed by atoms with Crippen LogP contribution in [0, 0.1) is 0 Å². The lowest BCUT2D eigenvalue weighted by atomic mass is 10.1. The summed E-state index contributed by atoms with van der Waals surface area (Å²) >= 11 is 0. The predicted octanol–water partition coefficient (Wildman–Crippen LogP) is -0.469. The van der Waals surface area contributed by atoms with Crippen LogP contribution in [0.1, 0.15) is 5.56 Å². The van der Waals surface area contributed by atoms with E-state index in [0.717, 1.165) is 44.1 Å². The summed E-state index contributed by atoms with van der Waals surface area (Å²) < 4.78 is 10.8. The third kappa shape index (κ3) is 5.43. The molecule has 1 aromatic carbocycles. The second-order valence-electron chi connectivity index (χ2n) is 5.97. The Labute approximate surface area is 151 Å². The zero-order valence-electron chi connectivity index (χ0n) is 14.5. The van der Waals surface area contributed by atoms with Gasteiger partial charge in [-0.15, -0.1) is 0 Å². The lowest BCUT2D eigenvalue weighted by Gasteiger charge is -2.26. The number of nitrogens with zero attached hydrogens (tertiary/aromatic N) is 2. The van der Waals surface area contributed by atoms with Crippen LogP contribution in [0.3, 0.4) is 0 Å². The highest BCUT2D eigenvalue weighted by Gasteiger charge is 2.12. The summed E-state index contributed by atoms with van der Waals surface area (Å²) in [6, 6.07) is 6.91. The highest BCUT2D eigenvalue weighted by atomic mass is 16.5. The van der Waals surface area contributed by atoms with Crippen LogP contribution in [0.5, 0.6) is 5.75 Å². The number of rotatable bonds is 7. The molecule has 0 aromatic heterocycles. The summed E-state index contributed by atoms with van der Waals surface area (Å²) in [7, 11) is 0. The standard InChI is InChI=1S/C17H23N5O4/c23-16(18-5-6-22-7-9-25-10-8-22)12-26-14-3-1-13(2-4-14)15-11-19-17(24)21-20-15/h1-4H,5-12H2,(H,18,23)(H2,19,21,24). The highest BCUT2D eigenvalue weighted by molar-refractivity contribution is 6.05. The maximum absolute atomic E-state index is 11.9. The molecule has 9 nitrogen and oxygen atoms in total. The quantitative estimate of drug-likeness (QED) is 0.609. The molecule has 9 heteroatoms. The van der Waals surface area contributed by atoms with Crippen molar-refractivity contribution in [3.8, 4) is 5.75 Å². The first-order valence-electron chi connectivity index (χ1n) is 8.61. The molecule has 0 bridgehead atoms. The van der Waals surface area contributed by atoms with Gasteiger partial charge in [-0.25, -0.2) is 10.2 Å². The zero-order valence-corrected chi connectivity index (χ0v) is 14.5. The highest BCUT2D eigenvalue weighted by Crippen LogP contribution is 2.13. The Bertz CT molecular complexity index is 656. The molecule has 0 atom stereocenters. The van der Waals surface area contributed by atoms with E-state index in [1.54, 1.807) is 12.1 Å². The number of urea groups is 1. The molecule has 3 rings (SSSR count). The molecule has 1 fully saturated rings. The summed E-state index contributed by atoms with van der Waals surface area (Å²) in [5, 5.41) is 9.50. The Morgan fingerprint density at radius 2 is 2.04 bits per heavy atom. The molecule has 0 radical (unpaired) electrons. The van der Waals surface area contributed by atoms with Gasteiger partial charge >= 0.3 is 6.03 Å². The van der Waals surface area contributed by atoms with Crippen molar-refractivity contribution in [2.45, 2.75) is 0 Å². The van der Waals surface area contributed by atoms with E-state index in [0.29, 0.717) is 18.8 Å². The number of nitrogens with one attached hydrogen (secondary N) is 3. The van der Waals surface area contributed by atoms with E-state index in [9.17, 15) is 9.59 Å². The number of amides is 3. The number of benzene rings is 1. The third-order valence-electron chi connectivity index (χ3n) is 4.12. The van der Waals surface area contributed by atoms with Gasteiger partial charge in [0, 0.05) is 26.2 Å². The molecule has 0 unspecified atom stereocenters. The summed E-state index contributed by atoms with van der Waals surface area (Å²) in [4.78, 5) is 25.1. The SMILES string of the molecule is O=C(COc1ccc(C2=NNC(=O)NC2)cc1)NCCN1CCOCC1. The molecule has 1 saturated heterocycles. The Balaban J connectivity index is 1.37. The summed E-state index contributed by atoms with van der Waals surface area (Å²) in [6.07, 6.45) is 0. The minimum Gasteiger partial charge on any atom is -0.484 e. The van der Waals surface area contributed by atoms with Crippen molar-refractivity contribution in [2.24, 2.45) is 5.10 Å². The fraction of sp³-hybridized carbons (Fsp3) is 0.471. The van der Waals surface area contributed by atoms with Crippen molar-refractivity contribution >= 4 is 17.6 Å². The zero-order chi connectivity index (χ0) is 18.2. The largest absolute Gasteiger partial charge is 0.484 e. The number of ether oxygens (including phenoxy) is 2. The molecule has 2 aliphatic heterocycles. The molecule has 2 heterocycles. The number of carbonyl (C=O) groups is 2. The molecule has 1 aromatic rings.